The fourth-order valence-electron chi connectivity index (χ4n) is 1.54. The van der Waals surface area contributed by atoms with Crippen molar-refractivity contribution in [3.8, 4) is 0 Å². The lowest BCUT2D eigenvalue weighted by molar-refractivity contribution is -0.142. The molecule has 0 spiro atoms. The van der Waals surface area contributed by atoms with Crippen LogP contribution in [0, 0.1) is 11.6 Å². The van der Waals surface area contributed by atoms with Gasteiger partial charge in [0.2, 0.25) is 0 Å². The Morgan fingerprint density at radius 2 is 2.17 bits per heavy atom. The number of nitrogens with two attached hydrogens (primary N) is 1. The molecular formula is C11H12F2N2O3. The minimum absolute atomic E-state index is 0.0565. The van der Waals surface area contributed by atoms with E-state index in [-0.39, 0.29) is 24.6 Å². The Hall–Kier alpha value is -1.73. The lowest BCUT2D eigenvalue weighted by Crippen LogP contribution is -2.39. The molecule has 1 aromatic carbocycles. The number of amides is 1. The number of anilines is 2. The third-order valence-electron chi connectivity index (χ3n) is 2.48. The zero-order valence-electron chi connectivity index (χ0n) is 9.41. The molecule has 0 bridgehead atoms. The van der Waals surface area contributed by atoms with Crippen molar-refractivity contribution in [2.24, 2.45) is 0 Å². The lowest BCUT2D eigenvalue weighted by atomic mass is 10.2. The molecule has 1 aliphatic rings. The van der Waals surface area contributed by atoms with Gasteiger partial charge in [-0.3, -0.25) is 4.79 Å². The third-order valence-corrected chi connectivity index (χ3v) is 2.48. The highest BCUT2D eigenvalue weighted by molar-refractivity contribution is 5.97. The second kappa shape index (κ2) is 5.28. The number of ether oxygens (including phenoxy) is 2. The largest absolute Gasteiger partial charge is 0.397 e. The van der Waals surface area contributed by atoms with Gasteiger partial charge in [0.1, 0.15) is 5.69 Å². The lowest BCUT2D eigenvalue weighted by Gasteiger charge is -2.22. The summed E-state index contributed by atoms with van der Waals surface area (Å²) in [6.07, 6.45) is -0.846. The zero-order chi connectivity index (χ0) is 13.1. The highest BCUT2D eigenvalue weighted by Gasteiger charge is 2.24. The van der Waals surface area contributed by atoms with Crippen LogP contribution in [0.4, 0.5) is 20.2 Å². The van der Waals surface area contributed by atoms with Crippen LogP contribution in [0.15, 0.2) is 12.1 Å². The second-order valence-electron chi connectivity index (χ2n) is 3.75. The van der Waals surface area contributed by atoms with E-state index in [0.29, 0.717) is 6.61 Å². The summed E-state index contributed by atoms with van der Waals surface area (Å²) in [5, 5.41) is 2.21. The van der Waals surface area contributed by atoms with Crippen LogP contribution in [-0.4, -0.2) is 31.8 Å². The number of carbonyl (C=O) groups is 1. The first-order valence-corrected chi connectivity index (χ1v) is 5.33. The molecule has 18 heavy (non-hydrogen) atoms. The highest BCUT2D eigenvalue weighted by Crippen LogP contribution is 2.24. The van der Waals surface area contributed by atoms with Crippen molar-refractivity contribution in [1.82, 2.24) is 0 Å². The number of nitrogens with one attached hydrogen (secondary N) is 1. The highest BCUT2D eigenvalue weighted by atomic mass is 19.2. The van der Waals surface area contributed by atoms with Gasteiger partial charge in [0.25, 0.3) is 5.91 Å². The molecule has 1 heterocycles. The van der Waals surface area contributed by atoms with Gasteiger partial charge in [-0.25, -0.2) is 8.78 Å². The number of carbonyl (C=O) groups excluding carboxylic acids is 1. The van der Waals surface area contributed by atoms with E-state index >= 15 is 0 Å². The summed E-state index contributed by atoms with van der Waals surface area (Å²) in [4.78, 5) is 11.7. The van der Waals surface area contributed by atoms with Crippen LogP contribution >= 0.6 is 0 Å². The molecule has 98 valence electrons. The van der Waals surface area contributed by atoms with Crippen molar-refractivity contribution in [2.75, 3.05) is 30.9 Å². The normalized spacial score (nSPS) is 19.6. The Labute approximate surface area is 102 Å². The number of nitrogen functional groups attached to an aromatic ring is 1. The molecular weight excluding hydrogens is 246 g/mol. The van der Waals surface area contributed by atoms with Gasteiger partial charge in [0, 0.05) is 0 Å². The molecule has 3 N–H and O–H groups in total. The van der Waals surface area contributed by atoms with Crippen molar-refractivity contribution in [3.63, 3.8) is 0 Å². The van der Waals surface area contributed by atoms with E-state index in [1.165, 1.54) is 6.07 Å². The van der Waals surface area contributed by atoms with Crippen LogP contribution in [0.25, 0.3) is 0 Å². The molecule has 1 aliphatic heterocycles. The predicted octanol–water partition coefficient (Wildman–Crippen LogP) is 0.901. The molecule has 1 unspecified atom stereocenters. The van der Waals surface area contributed by atoms with Crippen molar-refractivity contribution >= 4 is 17.3 Å². The monoisotopic (exact) mass is 258 g/mol. The number of benzene rings is 1. The van der Waals surface area contributed by atoms with Crippen LogP contribution < -0.4 is 11.1 Å². The summed E-state index contributed by atoms with van der Waals surface area (Å²) in [5.41, 5.74) is 5.04. The third kappa shape index (κ3) is 2.57. The minimum Gasteiger partial charge on any atom is -0.397 e. The Morgan fingerprint density at radius 1 is 1.39 bits per heavy atom. The summed E-state index contributed by atoms with van der Waals surface area (Å²) < 4.78 is 36.6. The molecule has 5 nitrogen and oxygen atoms in total. The number of rotatable bonds is 2. The van der Waals surface area contributed by atoms with E-state index in [0.717, 1.165) is 6.07 Å². The van der Waals surface area contributed by atoms with Gasteiger partial charge in [0.05, 0.1) is 25.5 Å². The molecule has 0 saturated carbocycles. The van der Waals surface area contributed by atoms with Crippen molar-refractivity contribution in [3.05, 3.63) is 23.8 Å². The second-order valence-corrected chi connectivity index (χ2v) is 3.75. The Balaban J connectivity index is 2.13. The van der Waals surface area contributed by atoms with Crippen LogP contribution in [-0.2, 0) is 14.3 Å². The Bertz CT molecular complexity index is 462. The van der Waals surface area contributed by atoms with Crippen LogP contribution in [0.2, 0.25) is 0 Å². The Kier molecular flexibility index (Phi) is 3.73. The van der Waals surface area contributed by atoms with E-state index in [9.17, 15) is 13.6 Å². The maximum Gasteiger partial charge on any atom is 0.256 e. The molecule has 1 amide bonds. The fourth-order valence-corrected chi connectivity index (χ4v) is 1.54. The minimum atomic E-state index is -1.19. The van der Waals surface area contributed by atoms with E-state index in [1.807, 2.05) is 0 Å². The first kappa shape index (κ1) is 12.7. The van der Waals surface area contributed by atoms with Gasteiger partial charge >= 0.3 is 0 Å². The Morgan fingerprint density at radius 3 is 2.83 bits per heavy atom. The molecule has 1 atom stereocenters. The van der Waals surface area contributed by atoms with Gasteiger partial charge < -0.3 is 20.5 Å². The first-order chi connectivity index (χ1) is 8.59. The van der Waals surface area contributed by atoms with Gasteiger partial charge in [-0.2, -0.15) is 0 Å². The van der Waals surface area contributed by atoms with Gasteiger partial charge in [-0.05, 0) is 12.1 Å². The summed E-state index contributed by atoms with van der Waals surface area (Å²) in [7, 11) is 0. The standard InChI is InChI=1S/C11H12F2N2O3/c12-6-1-2-7(14)10(9(6)13)15-11(16)8-5-17-3-4-18-8/h1-2,8H,3-5,14H2,(H,15,16). The summed E-state index contributed by atoms with van der Waals surface area (Å²) >= 11 is 0. The molecule has 1 saturated heterocycles. The maximum atomic E-state index is 13.4. The molecule has 0 radical (unpaired) electrons. The van der Waals surface area contributed by atoms with Gasteiger partial charge in [-0.1, -0.05) is 0 Å². The number of hydrogen-bond acceptors (Lipinski definition) is 4. The van der Waals surface area contributed by atoms with Crippen molar-refractivity contribution in [2.45, 2.75) is 6.10 Å². The molecule has 7 heteroatoms. The molecule has 1 aromatic rings. The number of halogens is 2. The first-order valence-electron chi connectivity index (χ1n) is 5.33. The summed E-state index contributed by atoms with van der Waals surface area (Å²) in [5.74, 6) is -2.90. The van der Waals surface area contributed by atoms with E-state index in [2.05, 4.69) is 5.32 Å². The molecule has 2 rings (SSSR count). The van der Waals surface area contributed by atoms with Crippen molar-refractivity contribution in [1.29, 1.82) is 0 Å². The quantitative estimate of drug-likeness (QED) is 0.773. The topological polar surface area (TPSA) is 73.6 Å². The fraction of sp³-hybridized carbons (Fsp3) is 0.364. The average Bonchev–Trinajstić information content (AvgIpc) is 2.40. The zero-order valence-corrected chi connectivity index (χ0v) is 9.41. The van der Waals surface area contributed by atoms with Crippen molar-refractivity contribution < 1.29 is 23.0 Å². The van der Waals surface area contributed by atoms with E-state index in [4.69, 9.17) is 15.2 Å². The van der Waals surface area contributed by atoms with E-state index in [1.54, 1.807) is 0 Å². The predicted molar refractivity (Wildman–Crippen MR) is 60.0 cm³/mol. The van der Waals surface area contributed by atoms with Crippen LogP contribution in [0.5, 0.6) is 0 Å². The molecule has 0 aromatic heterocycles. The maximum absolute atomic E-state index is 13.4. The number of hydrogen-bond donors (Lipinski definition) is 2. The van der Waals surface area contributed by atoms with Crippen LogP contribution in [0.1, 0.15) is 0 Å². The molecule has 1 fully saturated rings. The average molecular weight is 258 g/mol. The SMILES string of the molecule is Nc1ccc(F)c(F)c1NC(=O)C1COCCO1. The summed E-state index contributed by atoms with van der Waals surface area (Å²) in [6.45, 7) is 0.752. The summed E-state index contributed by atoms with van der Waals surface area (Å²) in [6, 6.07) is 2.06. The van der Waals surface area contributed by atoms with Gasteiger partial charge in [0.15, 0.2) is 17.7 Å². The van der Waals surface area contributed by atoms with E-state index < -0.39 is 23.6 Å². The molecule has 0 aliphatic carbocycles. The smallest absolute Gasteiger partial charge is 0.256 e. The van der Waals surface area contributed by atoms with Crippen LogP contribution in [0.3, 0.4) is 0 Å². The van der Waals surface area contributed by atoms with Gasteiger partial charge in [-0.15, -0.1) is 0 Å².